The molecule has 0 aliphatic rings. The fourth-order valence-corrected chi connectivity index (χ4v) is 3.32. The molecule has 0 fully saturated rings. The molecule has 0 aliphatic carbocycles. The van der Waals surface area contributed by atoms with E-state index in [2.05, 4.69) is 13.7 Å². The molecule has 7 nitrogen and oxygen atoms in total. The number of hydrogen-bond acceptors (Lipinski definition) is 7. The van der Waals surface area contributed by atoms with E-state index in [0.29, 0.717) is 12.1 Å². The Labute approximate surface area is 186 Å². The largest absolute Gasteiger partial charge is 0.534 e. The summed E-state index contributed by atoms with van der Waals surface area (Å²) in [7, 11) is -4.80. The number of alkyl halides is 6. The molecule has 0 atom stereocenters. The van der Waals surface area contributed by atoms with Gasteiger partial charge in [0.15, 0.2) is 5.75 Å². The highest BCUT2D eigenvalue weighted by Crippen LogP contribution is 2.43. The van der Waals surface area contributed by atoms with Gasteiger partial charge in [-0.05, 0) is 23.8 Å². The third-order valence-corrected chi connectivity index (χ3v) is 5.34. The molecule has 2 aromatic carbocycles. The molecule has 2 rings (SSSR count). The summed E-state index contributed by atoms with van der Waals surface area (Å²) in [5.74, 6) is -4.28. The molecule has 15 heteroatoms. The number of ether oxygens (including phenoxy) is 2. The topological polar surface area (TPSA) is 96.0 Å². The molecule has 0 heterocycles. The Kier molecular flexibility index (Phi) is 7.24. The van der Waals surface area contributed by atoms with Gasteiger partial charge in [-0.3, -0.25) is 0 Å². The lowest BCUT2D eigenvalue weighted by atomic mass is 9.97. The molecule has 0 aromatic heterocycles. The van der Waals surface area contributed by atoms with Crippen LogP contribution in [-0.2, 0) is 25.8 Å². The Morgan fingerprint density at radius 3 is 1.85 bits per heavy atom. The SMILES string of the molecule is COC(=O)c1cc(-c2ccc(C(F)(F)F)cc2)c(Cl)c(OS(=O)(=O)C(F)(F)F)c1C(=O)OC. The Bertz CT molecular complexity index is 1190. The van der Waals surface area contributed by atoms with Crippen molar-refractivity contribution < 1.29 is 58.0 Å². The van der Waals surface area contributed by atoms with Crippen molar-refractivity contribution >= 4 is 33.7 Å². The average molecular weight is 521 g/mol. The van der Waals surface area contributed by atoms with Crippen molar-refractivity contribution in [2.24, 2.45) is 0 Å². The molecule has 0 spiro atoms. The van der Waals surface area contributed by atoms with Gasteiger partial charge in [0.05, 0.1) is 30.4 Å². The van der Waals surface area contributed by atoms with Gasteiger partial charge >= 0.3 is 33.7 Å². The molecule has 0 saturated heterocycles. The Morgan fingerprint density at radius 1 is 0.909 bits per heavy atom. The number of halogens is 7. The second kappa shape index (κ2) is 9.09. The van der Waals surface area contributed by atoms with Gasteiger partial charge in [-0.2, -0.15) is 34.8 Å². The van der Waals surface area contributed by atoms with E-state index in [1.165, 1.54) is 0 Å². The van der Waals surface area contributed by atoms with Gasteiger partial charge < -0.3 is 13.7 Å². The van der Waals surface area contributed by atoms with Crippen LogP contribution in [0.25, 0.3) is 11.1 Å². The van der Waals surface area contributed by atoms with Crippen LogP contribution >= 0.6 is 11.6 Å². The van der Waals surface area contributed by atoms with Gasteiger partial charge in [-0.15, -0.1) is 0 Å². The normalized spacial score (nSPS) is 12.3. The maximum Gasteiger partial charge on any atom is 0.534 e. The van der Waals surface area contributed by atoms with E-state index in [1.54, 1.807) is 0 Å². The summed E-state index contributed by atoms with van der Waals surface area (Å²) >= 11 is 6.02. The van der Waals surface area contributed by atoms with Gasteiger partial charge in [0.25, 0.3) is 0 Å². The highest BCUT2D eigenvalue weighted by molar-refractivity contribution is 7.88. The molecular formula is C18H11ClF6O7S. The summed E-state index contributed by atoms with van der Waals surface area (Å²) < 4.78 is 113. The fourth-order valence-electron chi connectivity index (χ4n) is 2.49. The minimum absolute atomic E-state index is 0.191. The van der Waals surface area contributed by atoms with Crippen LogP contribution < -0.4 is 4.18 Å². The molecule has 0 saturated carbocycles. The van der Waals surface area contributed by atoms with Crippen LogP contribution in [0.1, 0.15) is 26.3 Å². The predicted molar refractivity (Wildman–Crippen MR) is 100 cm³/mol. The fraction of sp³-hybridized carbons (Fsp3) is 0.222. The molecule has 0 N–H and O–H groups in total. The van der Waals surface area contributed by atoms with Crippen molar-refractivity contribution in [1.29, 1.82) is 0 Å². The zero-order valence-corrected chi connectivity index (χ0v) is 17.9. The molecule has 180 valence electrons. The molecule has 0 aliphatic heterocycles. The number of carbonyl (C=O) groups excluding carboxylic acids is 2. The summed E-state index contributed by atoms with van der Waals surface area (Å²) in [6.45, 7) is 0. The van der Waals surface area contributed by atoms with E-state index >= 15 is 0 Å². The summed E-state index contributed by atoms with van der Waals surface area (Å²) in [6.07, 6.45) is -4.72. The minimum Gasteiger partial charge on any atom is -0.465 e. The van der Waals surface area contributed by atoms with Gasteiger partial charge in [-0.25, -0.2) is 9.59 Å². The van der Waals surface area contributed by atoms with Crippen LogP contribution in [0.15, 0.2) is 30.3 Å². The van der Waals surface area contributed by atoms with E-state index in [4.69, 9.17) is 11.6 Å². The van der Waals surface area contributed by atoms with Crippen LogP contribution in [0.4, 0.5) is 26.3 Å². The van der Waals surface area contributed by atoms with Crippen LogP contribution in [0.5, 0.6) is 5.75 Å². The maximum atomic E-state index is 12.9. The van der Waals surface area contributed by atoms with Crippen molar-refractivity contribution in [2.75, 3.05) is 14.2 Å². The lowest BCUT2D eigenvalue weighted by Gasteiger charge is -2.18. The predicted octanol–water partition coefficient (Wildman–Crippen LogP) is 4.83. The number of methoxy groups -OCH3 is 2. The lowest BCUT2D eigenvalue weighted by Crippen LogP contribution is -2.29. The summed E-state index contributed by atoms with van der Waals surface area (Å²) in [6, 6.07) is 3.71. The van der Waals surface area contributed by atoms with Crippen molar-refractivity contribution in [1.82, 2.24) is 0 Å². The van der Waals surface area contributed by atoms with E-state index in [-0.39, 0.29) is 5.56 Å². The second-order valence-corrected chi connectivity index (χ2v) is 7.95. The molecule has 33 heavy (non-hydrogen) atoms. The van der Waals surface area contributed by atoms with Crippen LogP contribution in [0, 0.1) is 0 Å². The van der Waals surface area contributed by atoms with Gasteiger partial charge in [-0.1, -0.05) is 23.7 Å². The van der Waals surface area contributed by atoms with E-state index in [9.17, 15) is 44.3 Å². The molecular weight excluding hydrogens is 510 g/mol. The number of carbonyl (C=O) groups is 2. The molecule has 2 aromatic rings. The van der Waals surface area contributed by atoms with Crippen LogP contribution in [0.3, 0.4) is 0 Å². The summed E-state index contributed by atoms with van der Waals surface area (Å²) in [5.41, 5.74) is -9.61. The summed E-state index contributed by atoms with van der Waals surface area (Å²) in [5, 5.41) is -0.935. The third kappa shape index (κ3) is 5.33. The van der Waals surface area contributed by atoms with Crippen molar-refractivity contribution in [2.45, 2.75) is 11.7 Å². The van der Waals surface area contributed by atoms with E-state index < -0.39 is 66.8 Å². The number of rotatable bonds is 5. The third-order valence-electron chi connectivity index (χ3n) is 4.02. The monoisotopic (exact) mass is 520 g/mol. The lowest BCUT2D eigenvalue weighted by molar-refractivity contribution is -0.137. The zero-order valence-electron chi connectivity index (χ0n) is 16.3. The van der Waals surface area contributed by atoms with E-state index in [0.717, 1.165) is 32.4 Å². The first-order chi connectivity index (χ1) is 15.0. The number of hydrogen-bond donors (Lipinski definition) is 0. The Balaban J connectivity index is 2.91. The first-order valence-corrected chi connectivity index (χ1v) is 10.0. The van der Waals surface area contributed by atoms with E-state index in [1.807, 2.05) is 0 Å². The molecule has 0 bridgehead atoms. The first kappa shape index (κ1) is 26.3. The molecule has 0 radical (unpaired) electrons. The van der Waals surface area contributed by atoms with Crippen molar-refractivity contribution in [3.63, 3.8) is 0 Å². The maximum absolute atomic E-state index is 12.9. The van der Waals surface area contributed by atoms with Crippen molar-refractivity contribution in [3.05, 3.63) is 52.0 Å². The van der Waals surface area contributed by atoms with Crippen LogP contribution in [0.2, 0.25) is 5.02 Å². The van der Waals surface area contributed by atoms with Crippen LogP contribution in [-0.4, -0.2) is 40.1 Å². The highest BCUT2D eigenvalue weighted by Gasteiger charge is 2.50. The Morgan fingerprint density at radius 2 is 1.42 bits per heavy atom. The standard InChI is InChI=1S/C18H11ClF6O7S/c1-30-15(26)11-7-10(8-3-5-9(6-4-8)17(20,21)22)13(19)14(12(11)16(27)31-2)32-33(28,29)18(23,24)25/h3-7H,1-2H3. The quantitative estimate of drug-likeness (QED) is 0.241. The smallest absolute Gasteiger partial charge is 0.465 e. The summed E-state index contributed by atoms with van der Waals surface area (Å²) in [4.78, 5) is 24.4. The van der Waals surface area contributed by atoms with Gasteiger partial charge in [0, 0.05) is 5.56 Å². The first-order valence-electron chi connectivity index (χ1n) is 8.26. The minimum atomic E-state index is -6.40. The Hall–Kier alpha value is -3.00. The molecule has 0 unspecified atom stereocenters. The number of benzene rings is 2. The zero-order chi connectivity index (χ0) is 25.4. The second-order valence-electron chi connectivity index (χ2n) is 6.03. The number of esters is 2. The average Bonchev–Trinajstić information content (AvgIpc) is 2.72. The van der Waals surface area contributed by atoms with Crippen molar-refractivity contribution in [3.8, 4) is 16.9 Å². The highest BCUT2D eigenvalue weighted by atomic mass is 35.5. The molecule has 0 amide bonds. The van der Waals surface area contributed by atoms with Gasteiger partial charge in [0.1, 0.15) is 5.56 Å². The van der Waals surface area contributed by atoms with Gasteiger partial charge in [0.2, 0.25) is 0 Å².